The van der Waals surface area contributed by atoms with Crippen LogP contribution < -0.4 is 0 Å². The molecule has 0 aromatic rings. The Labute approximate surface area is 72.7 Å². The van der Waals surface area contributed by atoms with E-state index in [4.69, 9.17) is 9.84 Å². The molecule has 12 heavy (non-hydrogen) atoms. The number of ether oxygens (including phenoxy) is 1. The molecule has 1 N–H and O–H groups in total. The predicted octanol–water partition coefficient (Wildman–Crippen LogP) is 0.895. The van der Waals surface area contributed by atoms with Gasteiger partial charge in [0.2, 0.25) is 0 Å². The lowest BCUT2D eigenvalue weighted by Gasteiger charge is -2.21. The van der Waals surface area contributed by atoms with Gasteiger partial charge in [0, 0.05) is 12.8 Å². The molecule has 1 saturated carbocycles. The molecular weight excluding hydrogens is 156 g/mol. The van der Waals surface area contributed by atoms with Gasteiger partial charge in [0.25, 0.3) is 0 Å². The van der Waals surface area contributed by atoms with Crippen LogP contribution in [0.1, 0.15) is 32.6 Å². The predicted molar refractivity (Wildman–Crippen MR) is 44.9 cm³/mol. The molecule has 70 valence electrons. The van der Waals surface area contributed by atoms with Crippen molar-refractivity contribution in [2.75, 3.05) is 6.61 Å². The standard InChI is InChI=1S/C9H16O3/c1-7(10)6-12-9-4-2-8(11)3-5-9/h7,9-10H,2-6H2,1H3. The van der Waals surface area contributed by atoms with Gasteiger partial charge in [0.1, 0.15) is 5.78 Å². The molecule has 0 spiro atoms. The number of rotatable bonds is 3. The molecule has 1 aliphatic rings. The van der Waals surface area contributed by atoms with Crippen LogP contribution in [-0.2, 0) is 9.53 Å². The number of hydrogen-bond donors (Lipinski definition) is 1. The maximum absolute atomic E-state index is 10.8. The first-order valence-corrected chi connectivity index (χ1v) is 4.50. The highest BCUT2D eigenvalue weighted by atomic mass is 16.5. The zero-order valence-corrected chi connectivity index (χ0v) is 7.45. The van der Waals surface area contributed by atoms with Crippen LogP contribution in [0.5, 0.6) is 0 Å². The zero-order chi connectivity index (χ0) is 8.97. The van der Waals surface area contributed by atoms with E-state index in [0.29, 0.717) is 25.2 Å². The van der Waals surface area contributed by atoms with Gasteiger partial charge in [-0.1, -0.05) is 0 Å². The summed E-state index contributed by atoms with van der Waals surface area (Å²) in [5, 5.41) is 8.94. The highest BCUT2D eigenvalue weighted by Gasteiger charge is 2.19. The first kappa shape index (κ1) is 9.68. The summed E-state index contributed by atoms with van der Waals surface area (Å²) in [4.78, 5) is 10.8. The van der Waals surface area contributed by atoms with Crippen LogP contribution in [0.4, 0.5) is 0 Å². The minimum absolute atomic E-state index is 0.192. The second-order valence-electron chi connectivity index (χ2n) is 3.42. The van der Waals surface area contributed by atoms with E-state index >= 15 is 0 Å². The second-order valence-corrected chi connectivity index (χ2v) is 3.42. The lowest BCUT2D eigenvalue weighted by molar-refractivity contribution is -0.123. The molecule has 0 aromatic heterocycles. The average Bonchev–Trinajstić information content (AvgIpc) is 2.03. The quantitative estimate of drug-likeness (QED) is 0.687. The fourth-order valence-electron chi connectivity index (χ4n) is 1.36. The van der Waals surface area contributed by atoms with E-state index in [2.05, 4.69) is 0 Å². The SMILES string of the molecule is CC(O)COC1CCC(=O)CC1. The van der Waals surface area contributed by atoms with Crippen LogP contribution in [-0.4, -0.2) is 29.7 Å². The van der Waals surface area contributed by atoms with Crippen LogP contribution in [0.2, 0.25) is 0 Å². The maximum atomic E-state index is 10.8. The number of carbonyl (C=O) groups is 1. The lowest BCUT2D eigenvalue weighted by atomic mass is 9.96. The molecule has 1 rings (SSSR count). The minimum atomic E-state index is -0.400. The average molecular weight is 172 g/mol. The third kappa shape index (κ3) is 3.32. The number of aliphatic hydroxyl groups excluding tert-OH is 1. The van der Waals surface area contributed by atoms with Crippen LogP contribution in [0, 0.1) is 0 Å². The van der Waals surface area contributed by atoms with Gasteiger partial charge in [0.05, 0.1) is 18.8 Å². The first-order chi connectivity index (χ1) is 5.68. The van der Waals surface area contributed by atoms with Crippen LogP contribution in [0.15, 0.2) is 0 Å². The number of carbonyl (C=O) groups excluding carboxylic acids is 1. The molecule has 1 aliphatic carbocycles. The van der Waals surface area contributed by atoms with Crippen molar-refractivity contribution in [2.24, 2.45) is 0 Å². The van der Waals surface area contributed by atoms with Crippen molar-refractivity contribution in [3.05, 3.63) is 0 Å². The minimum Gasteiger partial charge on any atom is -0.391 e. The van der Waals surface area contributed by atoms with Crippen LogP contribution in [0.3, 0.4) is 0 Å². The Morgan fingerprint density at radius 1 is 1.58 bits per heavy atom. The topological polar surface area (TPSA) is 46.5 Å². The van der Waals surface area contributed by atoms with Crippen molar-refractivity contribution >= 4 is 5.78 Å². The van der Waals surface area contributed by atoms with Gasteiger partial charge in [-0.25, -0.2) is 0 Å². The second kappa shape index (κ2) is 4.58. The number of ketones is 1. The summed E-state index contributed by atoms with van der Waals surface area (Å²) in [6.45, 7) is 2.09. The third-order valence-electron chi connectivity index (χ3n) is 2.06. The monoisotopic (exact) mass is 172 g/mol. The Morgan fingerprint density at radius 2 is 2.17 bits per heavy atom. The Morgan fingerprint density at radius 3 is 2.67 bits per heavy atom. The fraction of sp³-hybridized carbons (Fsp3) is 0.889. The molecule has 0 amide bonds. The van der Waals surface area contributed by atoms with Gasteiger partial charge >= 0.3 is 0 Å². The largest absolute Gasteiger partial charge is 0.391 e. The summed E-state index contributed by atoms with van der Waals surface area (Å²) in [5.41, 5.74) is 0. The molecule has 0 aromatic carbocycles. The van der Waals surface area contributed by atoms with E-state index < -0.39 is 6.10 Å². The Hall–Kier alpha value is -0.410. The molecule has 0 aliphatic heterocycles. The van der Waals surface area contributed by atoms with Gasteiger partial charge in [-0.15, -0.1) is 0 Å². The van der Waals surface area contributed by atoms with Gasteiger partial charge in [0.15, 0.2) is 0 Å². The molecule has 1 unspecified atom stereocenters. The van der Waals surface area contributed by atoms with Crippen molar-refractivity contribution in [1.29, 1.82) is 0 Å². The summed E-state index contributed by atoms with van der Waals surface area (Å²) in [6.07, 6.45) is 2.73. The van der Waals surface area contributed by atoms with E-state index in [-0.39, 0.29) is 6.10 Å². The Kier molecular flexibility index (Phi) is 3.69. The number of hydrogen-bond acceptors (Lipinski definition) is 3. The lowest BCUT2D eigenvalue weighted by Crippen LogP contribution is -2.24. The molecule has 3 nitrogen and oxygen atoms in total. The molecule has 0 saturated heterocycles. The number of Topliss-reactive ketones (excluding diaryl/α,β-unsaturated/α-hetero) is 1. The van der Waals surface area contributed by atoms with Crippen LogP contribution >= 0.6 is 0 Å². The fourth-order valence-corrected chi connectivity index (χ4v) is 1.36. The van der Waals surface area contributed by atoms with E-state index in [0.717, 1.165) is 12.8 Å². The normalized spacial score (nSPS) is 22.7. The van der Waals surface area contributed by atoms with E-state index in [1.54, 1.807) is 6.92 Å². The van der Waals surface area contributed by atoms with Crippen molar-refractivity contribution in [2.45, 2.75) is 44.8 Å². The van der Waals surface area contributed by atoms with Crippen LogP contribution in [0.25, 0.3) is 0 Å². The van der Waals surface area contributed by atoms with Crippen molar-refractivity contribution in [3.63, 3.8) is 0 Å². The third-order valence-corrected chi connectivity index (χ3v) is 2.06. The Balaban J connectivity index is 2.13. The molecule has 0 radical (unpaired) electrons. The first-order valence-electron chi connectivity index (χ1n) is 4.50. The number of aliphatic hydroxyl groups is 1. The maximum Gasteiger partial charge on any atom is 0.133 e. The molecule has 3 heteroatoms. The summed E-state index contributed by atoms with van der Waals surface area (Å²) >= 11 is 0. The molecule has 1 atom stereocenters. The highest BCUT2D eigenvalue weighted by molar-refractivity contribution is 5.79. The van der Waals surface area contributed by atoms with E-state index in [9.17, 15) is 4.79 Å². The smallest absolute Gasteiger partial charge is 0.133 e. The summed E-state index contributed by atoms with van der Waals surface area (Å²) in [7, 11) is 0. The van der Waals surface area contributed by atoms with Crippen molar-refractivity contribution < 1.29 is 14.6 Å². The van der Waals surface area contributed by atoms with Gasteiger partial charge in [-0.05, 0) is 19.8 Å². The molecule has 0 heterocycles. The molecule has 0 bridgehead atoms. The van der Waals surface area contributed by atoms with E-state index in [1.165, 1.54) is 0 Å². The van der Waals surface area contributed by atoms with Crippen molar-refractivity contribution in [3.8, 4) is 0 Å². The van der Waals surface area contributed by atoms with E-state index in [1.807, 2.05) is 0 Å². The van der Waals surface area contributed by atoms with Gasteiger partial charge in [-0.3, -0.25) is 4.79 Å². The highest BCUT2D eigenvalue weighted by Crippen LogP contribution is 2.17. The molecular formula is C9H16O3. The van der Waals surface area contributed by atoms with Gasteiger partial charge in [-0.2, -0.15) is 0 Å². The Bertz CT molecular complexity index is 144. The zero-order valence-electron chi connectivity index (χ0n) is 7.45. The van der Waals surface area contributed by atoms with Gasteiger partial charge < -0.3 is 9.84 Å². The summed E-state index contributed by atoms with van der Waals surface area (Å²) in [6, 6.07) is 0. The van der Waals surface area contributed by atoms with Crippen molar-refractivity contribution in [1.82, 2.24) is 0 Å². The molecule has 1 fully saturated rings. The summed E-state index contributed by atoms with van der Waals surface area (Å²) in [5.74, 6) is 0.340. The summed E-state index contributed by atoms with van der Waals surface area (Å²) < 4.78 is 5.39.